The molecule has 0 saturated heterocycles. The van der Waals surface area contributed by atoms with Crippen molar-refractivity contribution in [2.45, 2.75) is 19.8 Å². The normalized spacial score (nSPS) is 10.2. The van der Waals surface area contributed by atoms with Gasteiger partial charge in [0.05, 0.1) is 11.2 Å². The fourth-order valence-electron chi connectivity index (χ4n) is 1.10. The lowest BCUT2D eigenvalue weighted by atomic mass is 10.3. The van der Waals surface area contributed by atoms with E-state index in [1.54, 1.807) is 11.3 Å². The van der Waals surface area contributed by atoms with Crippen LogP contribution in [-0.2, 0) is 6.42 Å². The van der Waals surface area contributed by atoms with Gasteiger partial charge in [0.2, 0.25) is 0 Å². The van der Waals surface area contributed by atoms with E-state index >= 15 is 0 Å². The lowest BCUT2D eigenvalue weighted by Gasteiger charge is -2.01. The predicted molar refractivity (Wildman–Crippen MR) is 58.2 cm³/mol. The molecule has 0 spiro atoms. The smallest absolute Gasteiger partial charge is 0.0797 e. The van der Waals surface area contributed by atoms with Crippen LogP contribution in [0.3, 0.4) is 0 Å². The van der Waals surface area contributed by atoms with Crippen molar-refractivity contribution in [2.24, 2.45) is 0 Å². The Labute approximate surface area is 83.7 Å². The van der Waals surface area contributed by atoms with Gasteiger partial charge in [0.25, 0.3) is 0 Å². The Morgan fingerprint density at radius 2 is 2.46 bits per heavy atom. The largest absolute Gasteiger partial charge is 0.316 e. The number of thiazole rings is 1. The number of aryl methyl sites for hydroxylation is 1. The van der Waals surface area contributed by atoms with Crippen molar-refractivity contribution in [3.05, 3.63) is 28.7 Å². The van der Waals surface area contributed by atoms with Gasteiger partial charge in [0.15, 0.2) is 0 Å². The number of hydrogen-bond donors (Lipinski definition) is 1. The highest BCUT2D eigenvalue weighted by molar-refractivity contribution is 7.09. The first-order chi connectivity index (χ1) is 6.34. The second-order valence-electron chi connectivity index (χ2n) is 2.94. The molecule has 0 unspecified atom stereocenters. The molecule has 1 aromatic heterocycles. The molecule has 0 aliphatic carbocycles. The summed E-state index contributed by atoms with van der Waals surface area (Å²) in [5.41, 5.74) is 3.09. The number of aromatic nitrogens is 1. The SMILES string of the molecule is C=CCCNCCc1scnc1C. The van der Waals surface area contributed by atoms with E-state index in [4.69, 9.17) is 0 Å². The third kappa shape index (κ3) is 3.70. The molecule has 0 atom stereocenters. The van der Waals surface area contributed by atoms with Gasteiger partial charge in [-0.05, 0) is 26.3 Å². The second kappa shape index (κ2) is 5.89. The summed E-state index contributed by atoms with van der Waals surface area (Å²) < 4.78 is 0. The van der Waals surface area contributed by atoms with Gasteiger partial charge in [-0.3, -0.25) is 0 Å². The summed E-state index contributed by atoms with van der Waals surface area (Å²) in [6, 6.07) is 0. The average Bonchev–Trinajstić information content (AvgIpc) is 2.52. The molecule has 0 saturated carbocycles. The molecule has 2 nitrogen and oxygen atoms in total. The minimum atomic E-state index is 1.03. The summed E-state index contributed by atoms with van der Waals surface area (Å²) in [5.74, 6) is 0. The van der Waals surface area contributed by atoms with Crippen LogP contribution in [0.1, 0.15) is 17.0 Å². The highest BCUT2D eigenvalue weighted by Gasteiger charge is 1.99. The first kappa shape index (κ1) is 10.4. The average molecular weight is 196 g/mol. The molecule has 0 fully saturated rings. The van der Waals surface area contributed by atoms with E-state index < -0.39 is 0 Å². The quantitative estimate of drug-likeness (QED) is 0.557. The van der Waals surface area contributed by atoms with Crippen molar-refractivity contribution in [3.63, 3.8) is 0 Å². The molecule has 13 heavy (non-hydrogen) atoms. The molecule has 72 valence electrons. The zero-order chi connectivity index (χ0) is 9.52. The summed E-state index contributed by atoms with van der Waals surface area (Å²) in [5, 5.41) is 3.36. The van der Waals surface area contributed by atoms with E-state index in [2.05, 4.69) is 23.8 Å². The topological polar surface area (TPSA) is 24.9 Å². The van der Waals surface area contributed by atoms with E-state index in [1.165, 1.54) is 10.6 Å². The maximum atomic E-state index is 4.21. The third-order valence-corrected chi connectivity index (χ3v) is 2.89. The molecular weight excluding hydrogens is 180 g/mol. The van der Waals surface area contributed by atoms with Gasteiger partial charge in [-0.15, -0.1) is 17.9 Å². The lowest BCUT2D eigenvalue weighted by molar-refractivity contribution is 0.691. The summed E-state index contributed by atoms with van der Waals surface area (Å²) >= 11 is 1.74. The van der Waals surface area contributed by atoms with Crippen molar-refractivity contribution in [1.82, 2.24) is 10.3 Å². The summed E-state index contributed by atoms with van der Waals surface area (Å²) in [4.78, 5) is 5.60. The van der Waals surface area contributed by atoms with Crippen LogP contribution in [0.4, 0.5) is 0 Å². The Balaban J connectivity index is 2.13. The Morgan fingerprint density at radius 1 is 1.62 bits per heavy atom. The molecule has 0 aliphatic heterocycles. The second-order valence-corrected chi connectivity index (χ2v) is 3.88. The van der Waals surface area contributed by atoms with Crippen LogP contribution in [0.25, 0.3) is 0 Å². The zero-order valence-corrected chi connectivity index (χ0v) is 8.86. The van der Waals surface area contributed by atoms with E-state index in [0.29, 0.717) is 0 Å². The molecule has 0 aliphatic rings. The standard InChI is InChI=1S/C10H16N2S/c1-3-4-6-11-7-5-10-9(2)12-8-13-10/h3,8,11H,1,4-7H2,2H3. The van der Waals surface area contributed by atoms with Gasteiger partial charge >= 0.3 is 0 Å². The fraction of sp³-hybridized carbons (Fsp3) is 0.500. The minimum absolute atomic E-state index is 1.03. The van der Waals surface area contributed by atoms with Crippen molar-refractivity contribution in [2.75, 3.05) is 13.1 Å². The van der Waals surface area contributed by atoms with E-state index in [9.17, 15) is 0 Å². The Bertz CT molecular complexity index is 255. The van der Waals surface area contributed by atoms with Gasteiger partial charge in [-0.25, -0.2) is 4.98 Å². The van der Waals surface area contributed by atoms with Gasteiger partial charge in [-0.1, -0.05) is 6.08 Å². The van der Waals surface area contributed by atoms with Crippen molar-refractivity contribution < 1.29 is 0 Å². The van der Waals surface area contributed by atoms with Crippen LogP contribution in [0.2, 0.25) is 0 Å². The molecule has 1 aromatic rings. The predicted octanol–water partition coefficient (Wildman–Crippen LogP) is 2.16. The monoisotopic (exact) mass is 196 g/mol. The van der Waals surface area contributed by atoms with Crippen LogP contribution < -0.4 is 5.32 Å². The van der Waals surface area contributed by atoms with E-state index in [0.717, 1.165) is 25.9 Å². The summed E-state index contributed by atoms with van der Waals surface area (Å²) in [6.45, 7) is 7.81. The maximum Gasteiger partial charge on any atom is 0.0797 e. The van der Waals surface area contributed by atoms with Crippen LogP contribution in [0, 0.1) is 6.92 Å². The summed E-state index contributed by atoms with van der Waals surface area (Å²) in [7, 11) is 0. The van der Waals surface area contributed by atoms with Crippen LogP contribution in [0.5, 0.6) is 0 Å². The Morgan fingerprint density at radius 3 is 3.08 bits per heavy atom. The first-order valence-corrected chi connectivity index (χ1v) is 5.43. The molecule has 0 aromatic carbocycles. The van der Waals surface area contributed by atoms with Gasteiger partial charge < -0.3 is 5.32 Å². The molecule has 3 heteroatoms. The molecule has 0 amide bonds. The van der Waals surface area contributed by atoms with E-state index in [-0.39, 0.29) is 0 Å². The Hall–Kier alpha value is -0.670. The maximum absolute atomic E-state index is 4.21. The first-order valence-electron chi connectivity index (χ1n) is 4.55. The number of nitrogens with zero attached hydrogens (tertiary/aromatic N) is 1. The van der Waals surface area contributed by atoms with Crippen LogP contribution in [-0.4, -0.2) is 18.1 Å². The number of rotatable bonds is 6. The molecule has 0 bridgehead atoms. The molecule has 1 N–H and O–H groups in total. The molecule has 0 radical (unpaired) electrons. The van der Waals surface area contributed by atoms with Crippen molar-refractivity contribution in [3.8, 4) is 0 Å². The van der Waals surface area contributed by atoms with Gasteiger partial charge in [0, 0.05) is 11.4 Å². The number of nitrogens with one attached hydrogen (secondary N) is 1. The molecular formula is C10H16N2S. The number of hydrogen-bond acceptors (Lipinski definition) is 3. The van der Waals surface area contributed by atoms with Crippen molar-refractivity contribution in [1.29, 1.82) is 0 Å². The Kier molecular flexibility index (Phi) is 4.72. The van der Waals surface area contributed by atoms with Crippen LogP contribution in [0.15, 0.2) is 18.2 Å². The third-order valence-electron chi connectivity index (χ3n) is 1.90. The fourth-order valence-corrected chi connectivity index (χ4v) is 1.88. The molecule has 1 rings (SSSR count). The zero-order valence-electron chi connectivity index (χ0n) is 8.05. The highest BCUT2D eigenvalue weighted by atomic mass is 32.1. The molecule has 1 heterocycles. The van der Waals surface area contributed by atoms with Crippen LogP contribution >= 0.6 is 11.3 Å². The van der Waals surface area contributed by atoms with Gasteiger partial charge in [-0.2, -0.15) is 0 Å². The van der Waals surface area contributed by atoms with Gasteiger partial charge in [0.1, 0.15) is 0 Å². The lowest BCUT2D eigenvalue weighted by Crippen LogP contribution is -2.17. The van der Waals surface area contributed by atoms with Crippen molar-refractivity contribution >= 4 is 11.3 Å². The minimum Gasteiger partial charge on any atom is -0.316 e. The highest BCUT2D eigenvalue weighted by Crippen LogP contribution is 2.11. The van der Waals surface area contributed by atoms with E-state index in [1.807, 2.05) is 11.6 Å². The summed E-state index contributed by atoms with van der Waals surface area (Å²) in [6.07, 6.45) is 4.07.